The van der Waals surface area contributed by atoms with Crippen LogP contribution in [0.1, 0.15) is 31.4 Å². The molecule has 1 aromatic heterocycles. The standard InChI is InChI=1S/C19H25N3O3S.2ClH/c1-24-15-6-5-13(9-16(15)25-2)18-21-14(11-26-18)10-17(23)22-19(12-20)7-3-4-8-19;;/h5-6,9,11H,3-4,7-8,10,12,20H2,1-2H3,(H,22,23);2*1H. The van der Waals surface area contributed by atoms with Crippen molar-refractivity contribution >= 4 is 42.1 Å². The van der Waals surface area contributed by atoms with Crippen molar-refractivity contribution in [1.82, 2.24) is 10.3 Å². The second-order valence-electron chi connectivity index (χ2n) is 6.63. The summed E-state index contributed by atoms with van der Waals surface area (Å²) in [7, 11) is 3.21. The van der Waals surface area contributed by atoms with Crippen molar-refractivity contribution in [3.05, 3.63) is 29.3 Å². The molecule has 1 aliphatic rings. The van der Waals surface area contributed by atoms with Crippen molar-refractivity contribution in [2.75, 3.05) is 20.8 Å². The summed E-state index contributed by atoms with van der Waals surface area (Å²) in [5.41, 5.74) is 7.37. The fourth-order valence-electron chi connectivity index (χ4n) is 3.43. The number of nitrogens with one attached hydrogen (secondary N) is 1. The molecule has 0 unspecified atom stereocenters. The first-order valence-electron chi connectivity index (χ1n) is 8.77. The van der Waals surface area contributed by atoms with E-state index in [0.717, 1.165) is 41.9 Å². The van der Waals surface area contributed by atoms with Gasteiger partial charge in [-0.25, -0.2) is 4.98 Å². The SMILES string of the molecule is COc1ccc(-c2nc(CC(=O)NC3(CN)CCCC3)cs2)cc1OC.Cl.Cl. The van der Waals surface area contributed by atoms with Gasteiger partial charge in [0.05, 0.1) is 31.9 Å². The zero-order chi connectivity index (χ0) is 18.6. The molecule has 1 aromatic carbocycles. The van der Waals surface area contributed by atoms with Crippen molar-refractivity contribution in [2.24, 2.45) is 5.73 Å². The fourth-order valence-corrected chi connectivity index (χ4v) is 4.24. The lowest BCUT2D eigenvalue weighted by Crippen LogP contribution is -2.52. The number of carbonyl (C=O) groups excluding carboxylic acids is 1. The van der Waals surface area contributed by atoms with E-state index in [1.807, 2.05) is 23.6 Å². The number of nitrogens with two attached hydrogens (primary N) is 1. The largest absolute Gasteiger partial charge is 0.493 e. The van der Waals surface area contributed by atoms with E-state index < -0.39 is 0 Å². The molecule has 28 heavy (non-hydrogen) atoms. The molecular formula is C19H27Cl2N3O3S. The summed E-state index contributed by atoms with van der Waals surface area (Å²) >= 11 is 1.51. The molecule has 0 spiro atoms. The van der Waals surface area contributed by atoms with Gasteiger partial charge in [0, 0.05) is 17.5 Å². The molecule has 3 rings (SSSR count). The lowest BCUT2D eigenvalue weighted by Gasteiger charge is -2.28. The highest BCUT2D eigenvalue weighted by molar-refractivity contribution is 7.13. The number of carbonyl (C=O) groups is 1. The summed E-state index contributed by atoms with van der Waals surface area (Å²) in [6.45, 7) is 0.493. The first-order chi connectivity index (χ1) is 12.6. The number of aromatic nitrogens is 1. The quantitative estimate of drug-likeness (QED) is 0.676. The van der Waals surface area contributed by atoms with Crippen molar-refractivity contribution in [2.45, 2.75) is 37.6 Å². The third-order valence-corrected chi connectivity index (χ3v) is 5.82. The highest BCUT2D eigenvalue weighted by Crippen LogP contribution is 2.33. The van der Waals surface area contributed by atoms with Crippen molar-refractivity contribution in [3.8, 4) is 22.1 Å². The number of hydrogen-bond acceptors (Lipinski definition) is 6. The van der Waals surface area contributed by atoms with E-state index in [1.165, 1.54) is 11.3 Å². The Morgan fingerprint density at radius 1 is 1.21 bits per heavy atom. The number of benzene rings is 1. The molecule has 1 amide bonds. The molecule has 3 N–H and O–H groups in total. The minimum Gasteiger partial charge on any atom is -0.493 e. The van der Waals surface area contributed by atoms with Gasteiger partial charge in [0.25, 0.3) is 0 Å². The zero-order valence-corrected chi connectivity index (χ0v) is 18.5. The van der Waals surface area contributed by atoms with Crippen LogP contribution in [0, 0.1) is 0 Å². The maximum absolute atomic E-state index is 12.4. The highest BCUT2D eigenvalue weighted by atomic mass is 35.5. The Morgan fingerprint density at radius 3 is 2.50 bits per heavy atom. The van der Waals surface area contributed by atoms with Crippen LogP contribution >= 0.6 is 36.2 Å². The van der Waals surface area contributed by atoms with Crippen LogP contribution in [0.5, 0.6) is 11.5 Å². The van der Waals surface area contributed by atoms with Gasteiger partial charge in [-0.15, -0.1) is 36.2 Å². The van der Waals surface area contributed by atoms with E-state index in [-0.39, 0.29) is 42.7 Å². The summed E-state index contributed by atoms with van der Waals surface area (Å²) in [6, 6.07) is 5.68. The van der Waals surface area contributed by atoms with Crippen LogP contribution in [0.4, 0.5) is 0 Å². The monoisotopic (exact) mass is 447 g/mol. The number of rotatable bonds is 7. The molecule has 2 aromatic rings. The van der Waals surface area contributed by atoms with Gasteiger partial charge in [0.2, 0.25) is 5.91 Å². The van der Waals surface area contributed by atoms with Crippen LogP contribution in [0.2, 0.25) is 0 Å². The Kier molecular flexibility index (Phi) is 9.50. The van der Waals surface area contributed by atoms with E-state index >= 15 is 0 Å². The Labute approximate surface area is 182 Å². The average molecular weight is 448 g/mol. The molecule has 0 radical (unpaired) electrons. The van der Waals surface area contributed by atoms with Gasteiger partial charge < -0.3 is 20.5 Å². The van der Waals surface area contributed by atoms with Crippen LogP contribution in [-0.2, 0) is 11.2 Å². The highest BCUT2D eigenvalue weighted by Gasteiger charge is 2.33. The van der Waals surface area contributed by atoms with Gasteiger partial charge in [0.15, 0.2) is 11.5 Å². The average Bonchev–Trinajstić information content (AvgIpc) is 3.31. The third kappa shape index (κ3) is 5.50. The minimum atomic E-state index is -0.223. The van der Waals surface area contributed by atoms with Crippen molar-refractivity contribution in [3.63, 3.8) is 0 Å². The van der Waals surface area contributed by atoms with Crippen LogP contribution in [0.25, 0.3) is 10.6 Å². The summed E-state index contributed by atoms with van der Waals surface area (Å²) < 4.78 is 10.6. The molecule has 9 heteroatoms. The maximum Gasteiger partial charge on any atom is 0.226 e. The number of nitrogens with zero attached hydrogens (tertiary/aromatic N) is 1. The molecule has 6 nitrogen and oxygen atoms in total. The number of halogens is 2. The number of thiazole rings is 1. The number of amides is 1. The lowest BCUT2D eigenvalue weighted by molar-refractivity contribution is -0.122. The number of hydrogen-bond donors (Lipinski definition) is 2. The summed E-state index contributed by atoms with van der Waals surface area (Å²) in [5.74, 6) is 1.32. The van der Waals surface area contributed by atoms with Crippen LogP contribution in [0.15, 0.2) is 23.6 Å². The molecule has 1 heterocycles. The topological polar surface area (TPSA) is 86.5 Å². The van der Waals surface area contributed by atoms with E-state index in [0.29, 0.717) is 18.0 Å². The molecule has 1 saturated carbocycles. The van der Waals surface area contributed by atoms with E-state index in [1.54, 1.807) is 14.2 Å². The van der Waals surface area contributed by atoms with Gasteiger partial charge in [-0.1, -0.05) is 12.8 Å². The van der Waals surface area contributed by atoms with Gasteiger partial charge in [-0.3, -0.25) is 4.79 Å². The molecule has 1 fully saturated rings. The summed E-state index contributed by atoms with van der Waals surface area (Å²) in [5, 5.41) is 5.91. The number of ether oxygens (including phenoxy) is 2. The molecule has 0 aliphatic heterocycles. The van der Waals surface area contributed by atoms with Gasteiger partial charge in [-0.2, -0.15) is 0 Å². The van der Waals surface area contributed by atoms with Gasteiger partial charge in [-0.05, 0) is 31.0 Å². The molecule has 156 valence electrons. The molecule has 0 saturated heterocycles. The van der Waals surface area contributed by atoms with Crippen LogP contribution in [-0.4, -0.2) is 37.2 Å². The zero-order valence-electron chi connectivity index (χ0n) is 16.0. The Hall–Kier alpha value is -1.54. The maximum atomic E-state index is 12.4. The third-order valence-electron chi connectivity index (χ3n) is 4.88. The molecule has 0 bridgehead atoms. The summed E-state index contributed by atoms with van der Waals surface area (Å²) in [6.07, 6.45) is 4.44. The Balaban J connectivity index is 0.00000196. The molecule has 0 atom stereocenters. The minimum absolute atomic E-state index is 0. The fraction of sp³-hybridized carbons (Fsp3) is 0.474. The summed E-state index contributed by atoms with van der Waals surface area (Å²) in [4.78, 5) is 17.0. The lowest BCUT2D eigenvalue weighted by atomic mass is 9.97. The van der Waals surface area contributed by atoms with Crippen molar-refractivity contribution < 1.29 is 14.3 Å². The van der Waals surface area contributed by atoms with Gasteiger partial charge in [0.1, 0.15) is 5.01 Å². The van der Waals surface area contributed by atoms with Crippen LogP contribution in [0.3, 0.4) is 0 Å². The normalized spacial score (nSPS) is 14.5. The smallest absolute Gasteiger partial charge is 0.226 e. The van der Waals surface area contributed by atoms with Crippen molar-refractivity contribution in [1.29, 1.82) is 0 Å². The Bertz CT molecular complexity index is 780. The second kappa shape index (κ2) is 10.9. The first-order valence-corrected chi connectivity index (χ1v) is 9.65. The van der Waals surface area contributed by atoms with E-state index in [4.69, 9.17) is 15.2 Å². The van der Waals surface area contributed by atoms with Gasteiger partial charge >= 0.3 is 0 Å². The van der Waals surface area contributed by atoms with Crippen LogP contribution < -0.4 is 20.5 Å². The number of methoxy groups -OCH3 is 2. The molecule has 1 aliphatic carbocycles. The molecular weight excluding hydrogens is 421 g/mol. The predicted octanol–water partition coefficient (Wildman–Crippen LogP) is 3.60. The Morgan fingerprint density at radius 2 is 1.89 bits per heavy atom. The van der Waals surface area contributed by atoms with E-state index in [2.05, 4.69) is 10.3 Å². The van der Waals surface area contributed by atoms with E-state index in [9.17, 15) is 4.79 Å². The second-order valence-corrected chi connectivity index (χ2v) is 7.49. The predicted molar refractivity (Wildman–Crippen MR) is 117 cm³/mol. The first kappa shape index (κ1) is 24.5.